The fraction of sp³-hybridized carbons (Fsp3) is 0.800. The monoisotopic (exact) mass is 242 g/mol. The number of hydrogen-bond donors (Lipinski definition) is 2. The standard InChI is InChI=1S/C5H10N2O7S/c1-2-6-15(12,13)4(5(8)9)3-14-7(10)11/h4,6H,2-3H2,1H3,(H,8,9). The average Bonchev–Trinajstić information content (AvgIpc) is 2.01. The lowest BCUT2D eigenvalue weighted by molar-refractivity contribution is -0.757. The van der Waals surface area contributed by atoms with Gasteiger partial charge < -0.3 is 9.94 Å². The molecule has 0 aliphatic carbocycles. The van der Waals surface area contributed by atoms with Crippen LogP contribution in [-0.2, 0) is 19.7 Å². The molecule has 0 aromatic carbocycles. The van der Waals surface area contributed by atoms with Crippen LogP contribution in [0.1, 0.15) is 6.92 Å². The van der Waals surface area contributed by atoms with E-state index >= 15 is 0 Å². The van der Waals surface area contributed by atoms with Crippen molar-refractivity contribution in [3.63, 3.8) is 0 Å². The quantitative estimate of drug-likeness (QED) is 0.413. The molecule has 0 saturated carbocycles. The third-order valence-electron chi connectivity index (χ3n) is 1.33. The SMILES string of the molecule is CCNS(=O)(=O)C(CO[N+](=O)[O-])C(=O)O. The predicted octanol–water partition coefficient (Wildman–Crippen LogP) is -1.41. The molecule has 0 heterocycles. The van der Waals surface area contributed by atoms with E-state index in [1.54, 1.807) is 0 Å². The first-order valence-electron chi connectivity index (χ1n) is 3.79. The minimum atomic E-state index is -4.15. The number of aliphatic carboxylic acids is 1. The highest BCUT2D eigenvalue weighted by Crippen LogP contribution is 2.00. The first-order valence-corrected chi connectivity index (χ1v) is 5.34. The zero-order valence-corrected chi connectivity index (χ0v) is 8.56. The number of sulfonamides is 1. The normalized spacial score (nSPS) is 13.1. The third-order valence-corrected chi connectivity index (χ3v) is 3.10. The van der Waals surface area contributed by atoms with Gasteiger partial charge in [0.15, 0.2) is 5.25 Å². The molecule has 0 saturated heterocycles. The minimum absolute atomic E-state index is 0.00935. The molecule has 9 nitrogen and oxygen atoms in total. The Bertz CT molecular complexity index is 337. The number of nitrogens with one attached hydrogen (secondary N) is 1. The summed E-state index contributed by atoms with van der Waals surface area (Å²) in [5.41, 5.74) is 0. The zero-order chi connectivity index (χ0) is 12.1. The molecule has 0 amide bonds. The summed E-state index contributed by atoms with van der Waals surface area (Å²) in [4.78, 5) is 24.0. The van der Waals surface area contributed by atoms with Gasteiger partial charge >= 0.3 is 5.97 Å². The van der Waals surface area contributed by atoms with Gasteiger partial charge in [-0.2, -0.15) is 0 Å². The van der Waals surface area contributed by atoms with Gasteiger partial charge in [-0.15, -0.1) is 10.1 Å². The van der Waals surface area contributed by atoms with Gasteiger partial charge in [0.05, 0.1) is 0 Å². The van der Waals surface area contributed by atoms with Crippen LogP contribution in [0.3, 0.4) is 0 Å². The van der Waals surface area contributed by atoms with Crippen molar-refractivity contribution in [2.75, 3.05) is 13.2 Å². The third kappa shape index (κ3) is 4.56. The highest BCUT2D eigenvalue weighted by atomic mass is 32.2. The van der Waals surface area contributed by atoms with Crippen LogP contribution in [0.5, 0.6) is 0 Å². The van der Waals surface area contributed by atoms with Crippen LogP contribution in [0.25, 0.3) is 0 Å². The summed E-state index contributed by atoms with van der Waals surface area (Å²) in [7, 11) is -4.15. The molecule has 0 aromatic heterocycles. The van der Waals surface area contributed by atoms with E-state index in [9.17, 15) is 23.3 Å². The zero-order valence-electron chi connectivity index (χ0n) is 7.74. The fourth-order valence-electron chi connectivity index (χ4n) is 0.724. The lowest BCUT2D eigenvalue weighted by atomic mass is 10.5. The van der Waals surface area contributed by atoms with E-state index in [0.717, 1.165) is 0 Å². The minimum Gasteiger partial charge on any atom is -0.480 e. The van der Waals surface area contributed by atoms with E-state index in [-0.39, 0.29) is 6.54 Å². The molecule has 0 aliphatic rings. The first-order chi connectivity index (χ1) is 6.81. The smallest absolute Gasteiger partial charge is 0.325 e. The van der Waals surface area contributed by atoms with E-state index < -0.39 is 32.9 Å². The van der Waals surface area contributed by atoms with Crippen molar-refractivity contribution < 1.29 is 28.2 Å². The molecule has 0 aromatic rings. The summed E-state index contributed by atoms with van der Waals surface area (Å²) in [6, 6.07) is 0. The fourth-order valence-corrected chi connectivity index (χ4v) is 1.83. The van der Waals surface area contributed by atoms with Crippen LogP contribution < -0.4 is 4.72 Å². The Labute approximate surface area is 85.2 Å². The molecular weight excluding hydrogens is 232 g/mol. The molecule has 15 heavy (non-hydrogen) atoms. The van der Waals surface area contributed by atoms with Crippen LogP contribution in [0.2, 0.25) is 0 Å². The Morgan fingerprint density at radius 2 is 2.20 bits per heavy atom. The number of rotatable bonds is 7. The number of carboxylic acid groups (broad SMARTS) is 1. The summed E-state index contributed by atoms with van der Waals surface area (Å²) >= 11 is 0. The largest absolute Gasteiger partial charge is 0.480 e. The molecule has 10 heteroatoms. The Hall–Kier alpha value is -1.42. The van der Waals surface area contributed by atoms with Crippen LogP contribution >= 0.6 is 0 Å². The predicted molar refractivity (Wildman–Crippen MR) is 47.0 cm³/mol. The molecule has 2 N–H and O–H groups in total. The van der Waals surface area contributed by atoms with Crippen molar-refractivity contribution in [1.29, 1.82) is 0 Å². The molecular formula is C5H10N2O7S. The molecule has 0 radical (unpaired) electrons. The molecule has 0 spiro atoms. The molecule has 88 valence electrons. The first kappa shape index (κ1) is 13.6. The van der Waals surface area contributed by atoms with Gasteiger partial charge in [-0.1, -0.05) is 6.92 Å². The van der Waals surface area contributed by atoms with Crippen LogP contribution in [0.15, 0.2) is 0 Å². The van der Waals surface area contributed by atoms with Crippen LogP contribution in [-0.4, -0.2) is 43.0 Å². The number of nitrogens with zero attached hydrogens (tertiary/aromatic N) is 1. The number of carboxylic acids is 1. The van der Waals surface area contributed by atoms with E-state index in [1.165, 1.54) is 6.92 Å². The molecule has 0 fully saturated rings. The van der Waals surface area contributed by atoms with Crippen LogP contribution in [0, 0.1) is 10.1 Å². The van der Waals surface area contributed by atoms with Gasteiger partial charge in [0.1, 0.15) is 6.61 Å². The van der Waals surface area contributed by atoms with Gasteiger partial charge in [-0.05, 0) is 0 Å². The molecule has 0 rings (SSSR count). The summed E-state index contributed by atoms with van der Waals surface area (Å²) in [6.07, 6.45) is 0. The van der Waals surface area contributed by atoms with E-state index in [0.29, 0.717) is 0 Å². The molecule has 0 aliphatic heterocycles. The maximum atomic E-state index is 11.2. The number of carbonyl (C=O) groups is 1. The highest BCUT2D eigenvalue weighted by molar-refractivity contribution is 7.90. The lowest BCUT2D eigenvalue weighted by Crippen LogP contribution is -2.42. The van der Waals surface area contributed by atoms with Gasteiger partial charge in [0.25, 0.3) is 5.09 Å². The molecule has 1 atom stereocenters. The maximum Gasteiger partial charge on any atom is 0.325 e. The Kier molecular flexibility index (Phi) is 4.94. The summed E-state index contributed by atoms with van der Waals surface area (Å²) in [5, 5.41) is 15.1. The van der Waals surface area contributed by atoms with Gasteiger partial charge in [-0.25, -0.2) is 13.1 Å². The maximum absolute atomic E-state index is 11.2. The second-order valence-corrected chi connectivity index (χ2v) is 4.34. The van der Waals surface area contributed by atoms with Gasteiger partial charge in [-0.3, -0.25) is 4.79 Å². The van der Waals surface area contributed by atoms with Crippen molar-refractivity contribution >= 4 is 16.0 Å². The van der Waals surface area contributed by atoms with Crippen molar-refractivity contribution in [2.45, 2.75) is 12.2 Å². The topological polar surface area (TPSA) is 136 Å². The summed E-state index contributed by atoms with van der Waals surface area (Å²) in [5.74, 6) is -1.71. The molecule has 1 unspecified atom stereocenters. The summed E-state index contributed by atoms with van der Waals surface area (Å²) in [6.45, 7) is 0.396. The summed E-state index contributed by atoms with van der Waals surface area (Å²) < 4.78 is 24.3. The van der Waals surface area contributed by atoms with E-state index in [2.05, 4.69) is 4.84 Å². The van der Waals surface area contributed by atoms with Gasteiger partial charge in [0, 0.05) is 6.54 Å². The second-order valence-electron chi connectivity index (χ2n) is 2.39. The van der Waals surface area contributed by atoms with E-state index in [1.807, 2.05) is 4.72 Å². The Balaban J connectivity index is 4.67. The lowest BCUT2D eigenvalue weighted by Gasteiger charge is -2.11. The van der Waals surface area contributed by atoms with Gasteiger partial charge in [0.2, 0.25) is 10.0 Å². The Morgan fingerprint density at radius 1 is 1.67 bits per heavy atom. The average molecular weight is 242 g/mol. The highest BCUT2D eigenvalue weighted by Gasteiger charge is 2.33. The van der Waals surface area contributed by atoms with Crippen molar-refractivity contribution in [3.8, 4) is 0 Å². The second kappa shape index (κ2) is 5.46. The Morgan fingerprint density at radius 3 is 2.53 bits per heavy atom. The van der Waals surface area contributed by atoms with Crippen molar-refractivity contribution in [1.82, 2.24) is 4.72 Å². The van der Waals surface area contributed by atoms with Crippen molar-refractivity contribution in [2.24, 2.45) is 0 Å². The van der Waals surface area contributed by atoms with E-state index in [4.69, 9.17) is 5.11 Å². The molecule has 0 bridgehead atoms. The van der Waals surface area contributed by atoms with Crippen molar-refractivity contribution in [3.05, 3.63) is 10.1 Å². The van der Waals surface area contributed by atoms with Crippen LogP contribution in [0.4, 0.5) is 0 Å². The number of hydrogen-bond acceptors (Lipinski definition) is 6.